The highest BCUT2D eigenvalue weighted by atomic mass is 16.6. The minimum Gasteiger partial charge on any atom is -0.444 e. The molecule has 28 heavy (non-hydrogen) atoms. The van der Waals surface area contributed by atoms with E-state index in [0.717, 1.165) is 18.7 Å². The lowest BCUT2D eigenvalue weighted by Crippen LogP contribution is -2.52. The van der Waals surface area contributed by atoms with Gasteiger partial charge in [-0.2, -0.15) is 0 Å². The van der Waals surface area contributed by atoms with Crippen molar-refractivity contribution in [3.05, 3.63) is 71.8 Å². The molecule has 0 saturated carbocycles. The lowest BCUT2D eigenvalue weighted by Gasteiger charge is -2.42. The molecule has 2 aromatic rings. The molecule has 1 aliphatic rings. The number of rotatable bonds is 4. The van der Waals surface area contributed by atoms with Crippen molar-refractivity contribution in [2.75, 3.05) is 26.2 Å². The average Bonchev–Trinajstić information content (AvgIpc) is 2.69. The summed E-state index contributed by atoms with van der Waals surface area (Å²) in [5, 5.41) is 0. The molecular formula is C23H31N3O2. The van der Waals surface area contributed by atoms with Crippen LogP contribution in [0.15, 0.2) is 60.7 Å². The van der Waals surface area contributed by atoms with Crippen LogP contribution in [0, 0.1) is 0 Å². The zero-order chi connectivity index (χ0) is 20.1. The van der Waals surface area contributed by atoms with Gasteiger partial charge in [-0.1, -0.05) is 60.7 Å². The highest BCUT2D eigenvalue weighted by Crippen LogP contribution is 2.33. The Bertz CT molecular complexity index is 750. The van der Waals surface area contributed by atoms with Crippen LogP contribution in [0.2, 0.25) is 0 Å². The predicted molar refractivity (Wildman–Crippen MR) is 112 cm³/mol. The maximum absolute atomic E-state index is 12.4. The number of amides is 1. The molecule has 1 aliphatic heterocycles. The first-order valence-electron chi connectivity index (χ1n) is 9.92. The first-order chi connectivity index (χ1) is 13.3. The van der Waals surface area contributed by atoms with Crippen molar-refractivity contribution in [3.63, 3.8) is 0 Å². The van der Waals surface area contributed by atoms with Gasteiger partial charge in [-0.15, -0.1) is 0 Å². The zero-order valence-electron chi connectivity index (χ0n) is 17.0. The molecule has 1 fully saturated rings. The van der Waals surface area contributed by atoms with E-state index in [1.807, 2.05) is 45.0 Å². The topological polar surface area (TPSA) is 58.8 Å². The molecule has 2 N–H and O–H groups in total. The van der Waals surface area contributed by atoms with E-state index in [2.05, 4.69) is 41.3 Å². The summed E-state index contributed by atoms with van der Waals surface area (Å²) in [6.45, 7) is 8.49. The van der Waals surface area contributed by atoms with Crippen LogP contribution in [0.1, 0.15) is 44.0 Å². The number of benzene rings is 2. The smallest absolute Gasteiger partial charge is 0.410 e. The number of carbonyl (C=O) groups is 1. The third-order valence-electron chi connectivity index (χ3n) is 5.03. The molecule has 0 aliphatic carbocycles. The molecule has 0 radical (unpaired) electrons. The highest BCUT2D eigenvalue weighted by molar-refractivity contribution is 5.68. The van der Waals surface area contributed by atoms with Crippen molar-refractivity contribution in [1.29, 1.82) is 0 Å². The van der Waals surface area contributed by atoms with E-state index < -0.39 is 5.60 Å². The van der Waals surface area contributed by atoms with Gasteiger partial charge in [-0.25, -0.2) is 4.79 Å². The molecule has 0 aromatic heterocycles. The monoisotopic (exact) mass is 381 g/mol. The molecule has 0 spiro atoms. The van der Waals surface area contributed by atoms with E-state index in [4.69, 9.17) is 10.5 Å². The summed E-state index contributed by atoms with van der Waals surface area (Å²) in [6, 6.07) is 20.5. The quantitative estimate of drug-likeness (QED) is 0.870. The number of nitrogens with zero attached hydrogens (tertiary/aromatic N) is 2. The average molecular weight is 382 g/mol. The largest absolute Gasteiger partial charge is 0.444 e. The van der Waals surface area contributed by atoms with E-state index in [1.54, 1.807) is 4.90 Å². The van der Waals surface area contributed by atoms with Crippen molar-refractivity contribution in [2.45, 2.75) is 38.5 Å². The summed E-state index contributed by atoms with van der Waals surface area (Å²) < 4.78 is 5.52. The van der Waals surface area contributed by atoms with Gasteiger partial charge < -0.3 is 15.4 Å². The number of carbonyl (C=O) groups excluding carboxylic acids is 1. The summed E-state index contributed by atoms with van der Waals surface area (Å²) in [7, 11) is 0. The fourth-order valence-corrected chi connectivity index (χ4v) is 3.66. The fraction of sp³-hybridized carbons (Fsp3) is 0.435. The maximum Gasteiger partial charge on any atom is 0.410 e. The van der Waals surface area contributed by atoms with Crippen LogP contribution in [-0.4, -0.2) is 47.7 Å². The van der Waals surface area contributed by atoms with Crippen LogP contribution in [0.3, 0.4) is 0 Å². The number of ether oxygens (including phenoxy) is 1. The van der Waals surface area contributed by atoms with Crippen LogP contribution >= 0.6 is 0 Å². The summed E-state index contributed by atoms with van der Waals surface area (Å²) in [5.74, 6) is 0. The van der Waals surface area contributed by atoms with Crippen molar-refractivity contribution in [3.8, 4) is 0 Å². The molecule has 5 heteroatoms. The van der Waals surface area contributed by atoms with Crippen LogP contribution in [0.5, 0.6) is 0 Å². The lowest BCUT2D eigenvalue weighted by atomic mass is 9.92. The maximum atomic E-state index is 12.4. The first-order valence-corrected chi connectivity index (χ1v) is 9.92. The van der Waals surface area contributed by atoms with Gasteiger partial charge in [0.1, 0.15) is 5.60 Å². The second kappa shape index (κ2) is 8.76. The van der Waals surface area contributed by atoms with Crippen molar-refractivity contribution < 1.29 is 9.53 Å². The van der Waals surface area contributed by atoms with E-state index >= 15 is 0 Å². The molecule has 150 valence electrons. The van der Waals surface area contributed by atoms with Gasteiger partial charge in [0.2, 0.25) is 0 Å². The minimum atomic E-state index is -0.476. The molecule has 3 rings (SSSR count). The lowest BCUT2D eigenvalue weighted by molar-refractivity contribution is 0.00872. The number of hydrogen-bond donors (Lipinski definition) is 1. The molecule has 1 heterocycles. The van der Waals surface area contributed by atoms with Crippen LogP contribution in [0.25, 0.3) is 0 Å². The number of piperazine rings is 1. The second-order valence-corrected chi connectivity index (χ2v) is 8.30. The van der Waals surface area contributed by atoms with Crippen molar-refractivity contribution in [2.24, 2.45) is 5.73 Å². The van der Waals surface area contributed by atoms with Gasteiger partial charge in [0.05, 0.1) is 6.04 Å². The van der Waals surface area contributed by atoms with E-state index in [-0.39, 0.29) is 18.2 Å². The third kappa shape index (κ3) is 5.12. The van der Waals surface area contributed by atoms with E-state index in [0.29, 0.717) is 13.1 Å². The molecule has 2 aromatic carbocycles. The van der Waals surface area contributed by atoms with Crippen molar-refractivity contribution in [1.82, 2.24) is 9.80 Å². The SMILES string of the molecule is CC(C)(C)OC(=O)N1CCN([C@H](c2ccccc2)[C@@H](N)c2ccccc2)CC1. The summed E-state index contributed by atoms with van der Waals surface area (Å²) >= 11 is 0. The normalized spacial score (nSPS) is 17.8. The standard InChI is InChI=1S/C23H31N3O2/c1-23(2,3)28-22(27)26-16-14-25(15-17-26)21(19-12-8-5-9-13-19)20(24)18-10-6-4-7-11-18/h4-13,20-21H,14-17,24H2,1-3H3/t20-,21+/m0/s1. The van der Waals surface area contributed by atoms with Crippen LogP contribution in [0.4, 0.5) is 4.79 Å². The van der Waals surface area contributed by atoms with E-state index in [1.165, 1.54) is 5.56 Å². The van der Waals surface area contributed by atoms with Gasteiger partial charge in [-0.3, -0.25) is 4.90 Å². The number of hydrogen-bond acceptors (Lipinski definition) is 4. The molecule has 2 atom stereocenters. The Balaban J connectivity index is 1.75. The summed E-state index contributed by atoms with van der Waals surface area (Å²) in [4.78, 5) is 16.5. The molecule has 1 amide bonds. The zero-order valence-corrected chi connectivity index (χ0v) is 17.0. The van der Waals surface area contributed by atoms with Crippen LogP contribution < -0.4 is 5.73 Å². The predicted octanol–water partition coefficient (Wildman–Crippen LogP) is 3.98. The van der Waals surface area contributed by atoms with Crippen molar-refractivity contribution >= 4 is 6.09 Å². The van der Waals surface area contributed by atoms with Gasteiger partial charge in [0, 0.05) is 32.2 Å². The van der Waals surface area contributed by atoms with Gasteiger partial charge >= 0.3 is 6.09 Å². The Morgan fingerprint density at radius 2 is 1.39 bits per heavy atom. The van der Waals surface area contributed by atoms with Gasteiger partial charge in [-0.05, 0) is 31.9 Å². The Morgan fingerprint density at radius 1 is 0.893 bits per heavy atom. The van der Waals surface area contributed by atoms with E-state index in [9.17, 15) is 4.79 Å². The molecule has 5 nitrogen and oxygen atoms in total. The Kier molecular flexibility index (Phi) is 6.37. The molecule has 0 unspecified atom stereocenters. The van der Waals surface area contributed by atoms with Gasteiger partial charge in [0.25, 0.3) is 0 Å². The highest BCUT2D eigenvalue weighted by Gasteiger charge is 2.32. The van der Waals surface area contributed by atoms with Gasteiger partial charge in [0.15, 0.2) is 0 Å². The second-order valence-electron chi connectivity index (χ2n) is 8.30. The number of nitrogens with two attached hydrogens (primary N) is 1. The fourth-order valence-electron chi connectivity index (χ4n) is 3.66. The Hall–Kier alpha value is -2.37. The molecule has 1 saturated heterocycles. The summed E-state index contributed by atoms with van der Waals surface area (Å²) in [5.41, 5.74) is 8.57. The van der Waals surface area contributed by atoms with Crippen LogP contribution in [-0.2, 0) is 4.74 Å². The third-order valence-corrected chi connectivity index (χ3v) is 5.03. The molecular weight excluding hydrogens is 350 g/mol. The minimum absolute atomic E-state index is 0.0596. The first kappa shape index (κ1) is 20.4. The molecule has 0 bridgehead atoms. The Labute approximate surface area is 168 Å². The Morgan fingerprint density at radius 3 is 1.89 bits per heavy atom. The summed E-state index contributed by atoms with van der Waals surface area (Å²) in [6.07, 6.45) is -0.240.